The Hall–Kier alpha value is -2.10. The van der Waals surface area contributed by atoms with Crippen LogP contribution < -0.4 is 0 Å². The standard InChI is InChI=1S/C25H26F4/c1-2-3-4-5-15-6-9-18-16(12-15)7-10-19-20(18)14-23(28)24(25(19)29)17-8-11-21(26)22(27)13-17/h4-5,8,11,13-16,18H,2-3,6-7,9-10,12H2,1H3. The van der Waals surface area contributed by atoms with Crippen molar-refractivity contribution in [3.8, 4) is 11.1 Å². The number of hydrogen-bond donors (Lipinski definition) is 0. The smallest absolute Gasteiger partial charge is 0.159 e. The van der Waals surface area contributed by atoms with Crippen molar-refractivity contribution in [2.75, 3.05) is 0 Å². The van der Waals surface area contributed by atoms with Crippen LogP contribution in [0.3, 0.4) is 0 Å². The lowest BCUT2D eigenvalue weighted by Gasteiger charge is -2.40. The van der Waals surface area contributed by atoms with Crippen LogP contribution in [0, 0.1) is 35.1 Å². The molecule has 4 rings (SSSR count). The molecule has 29 heavy (non-hydrogen) atoms. The summed E-state index contributed by atoms with van der Waals surface area (Å²) < 4.78 is 57.1. The van der Waals surface area contributed by atoms with E-state index in [1.54, 1.807) is 0 Å². The number of rotatable bonds is 4. The van der Waals surface area contributed by atoms with Crippen LogP contribution in [-0.4, -0.2) is 0 Å². The summed E-state index contributed by atoms with van der Waals surface area (Å²) in [4.78, 5) is 0. The van der Waals surface area contributed by atoms with Gasteiger partial charge in [0.1, 0.15) is 11.6 Å². The average Bonchev–Trinajstić information content (AvgIpc) is 2.70. The molecular weight excluding hydrogens is 376 g/mol. The average molecular weight is 402 g/mol. The molecule has 2 aromatic rings. The van der Waals surface area contributed by atoms with E-state index in [1.807, 2.05) is 0 Å². The van der Waals surface area contributed by atoms with Gasteiger partial charge in [0.2, 0.25) is 0 Å². The van der Waals surface area contributed by atoms with Gasteiger partial charge in [-0.1, -0.05) is 31.6 Å². The quantitative estimate of drug-likeness (QED) is 0.363. The molecule has 0 N–H and O–H groups in total. The summed E-state index contributed by atoms with van der Waals surface area (Å²) in [6.07, 6.45) is 11.3. The fourth-order valence-corrected chi connectivity index (χ4v) is 5.17. The third kappa shape index (κ3) is 3.86. The number of allylic oxidation sites excluding steroid dienone is 2. The largest absolute Gasteiger partial charge is 0.206 e. The first-order chi connectivity index (χ1) is 14.0. The van der Waals surface area contributed by atoms with Crippen LogP contribution in [0.15, 0.2) is 36.4 Å². The molecule has 2 aromatic carbocycles. The molecule has 0 aliphatic heterocycles. The number of hydrogen-bond acceptors (Lipinski definition) is 0. The lowest BCUT2D eigenvalue weighted by Crippen LogP contribution is -2.28. The molecule has 0 radical (unpaired) electrons. The maximum Gasteiger partial charge on any atom is 0.159 e. The van der Waals surface area contributed by atoms with E-state index in [1.165, 1.54) is 12.1 Å². The van der Waals surface area contributed by atoms with Crippen molar-refractivity contribution in [2.45, 2.75) is 57.8 Å². The summed E-state index contributed by atoms with van der Waals surface area (Å²) in [5.41, 5.74) is 1.11. The van der Waals surface area contributed by atoms with E-state index < -0.39 is 23.3 Å². The molecule has 0 amide bonds. The molecule has 0 spiro atoms. The number of unbranched alkanes of at least 4 members (excludes halogenated alkanes) is 1. The first-order valence-electron chi connectivity index (χ1n) is 10.6. The first-order valence-corrected chi connectivity index (χ1v) is 10.6. The Morgan fingerprint density at radius 1 is 0.966 bits per heavy atom. The van der Waals surface area contributed by atoms with Crippen molar-refractivity contribution < 1.29 is 17.6 Å². The molecule has 3 unspecified atom stereocenters. The summed E-state index contributed by atoms with van der Waals surface area (Å²) in [5.74, 6) is -2.26. The molecule has 0 saturated heterocycles. The van der Waals surface area contributed by atoms with Crippen molar-refractivity contribution in [3.05, 3.63) is 70.8 Å². The summed E-state index contributed by atoms with van der Waals surface area (Å²) in [7, 11) is 0. The van der Waals surface area contributed by atoms with E-state index >= 15 is 4.39 Å². The third-order valence-electron chi connectivity index (χ3n) is 6.61. The second-order valence-corrected chi connectivity index (χ2v) is 8.44. The molecule has 2 aliphatic carbocycles. The highest BCUT2D eigenvalue weighted by Gasteiger charge is 2.37. The van der Waals surface area contributed by atoms with E-state index in [0.29, 0.717) is 23.8 Å². The van der Waals surface area contributed by atoms with Gasteiger partial charge in [0.25, 0.3) is 0 Å². The van der Waals surface area contributed by atoms with Crippen molar-refractivity contribution in [1.29, 1.82) is 0 Å². The fourth-order valence-electron chi connectivity index (χ4n) is 5.17. The molecule has 2 aliphatic rings. The highest BCUT2D eigenvalue weighted by atomic mass is 19.2. The fraction of sp³-hybridized carbons (Fsp3) is 0.440. The van der Waals surface area contributed by atoms with Gasteiger partial charge < -0.3 is 0 Å². The molecule has 0 nitrogen and oxygen atoms in total. The van der Waals surface area contributed by atoms with Gasteiger partial charge in [-0.25, -0.2) is 17.6 Å². The van der Waals surface area contributed by atoms with Gasteiger partial charge in [0.05, 0.1) is 5.56 Å². The minimum atomic E-state index is -1.10. The Bertz CT molecular complexity index is 931. The van der Waals surface area contributed by atoms with Crippen LogP contribution in [0.25, 0.3) is 11.1 Å². The van der Waals surface area contributed by atoms with Gasteiger partial charge in [-0.3, -0.25) is 0 Å². The zero-order valence-corrected chi connectivity index (χ0v) is 16.7. The Morgan fingerprint density at radius 3 is 2.55 bits per heavy atom. The van der Waals surface area contributed by atoms with Crippen molar-refractivity contribution in [2.24, 2.45) is 11.8 Å². The van der Waals surface area contributed by atoms with E-state index in [2.05, 4.69) is 19.1 Å². The summed E-state index contributed by atoms with van der Waals surface area (Å²) in [6.45, 7) is 2.16. The zero-order chi connectivity index (χ0) is 20.5. The van der Waals surface area contributed by atoms with Gasteiger partial charge in [0.15, 0.2) is 11.6 Å². The number of halogens is 4. The topological polar surface area (TPSA) is 0 Å². The van der Waals surface area contributed by atoms with Crippen LogP contribution in [-0.2, 0) is 6.42 Å². The monoisotopic (exact) mass is 402 g/mol. The first kappa shape index (κ1) is 20.2. The molecule has 1 saturated carbocycles. The van der Waals surface area contributed by atoms with Crippen LogP contribution in [0.1, 0.15) is 62.5 Å². The van der Waals surface area contributed by atoms with E-state index in [-0.39, 0.29) is 17.0 Å². The second kappa shape index (κ2) is 8.33. The minimum Gasteiger partial charge on any atom is -0.206 e. The number of fused-ring (bicyclic) bond motifs is 3. The van der Waals surface area contributed by atoms with E-state index in [9.17, 15) is 13.2 Å². The van der Waals surface area contributed by atoms with Crippen molar-refractivity contribution >= 4 is 0 Å². The van der Waals surface area contributed by atoms with Crippen LogP contribution in [0.2, 0.25) is 0 Å². The second-order valence-electron chi connectivity index (χ2n) is 8.44. The lowest BCUT2D eigenvalue weighted by atomic mass is 9.65. The van der Waals surface area contributed by atoms with Crippen LogP contribution >= 0.6 is 0 Å². The molecule has 3 atom stereocenters. The molecule has 1 fully saturated rings. The summed E-state index contributed by atoms with van der Waals surface area (Å²) in [6, 6.07) is 4.44. The maximum absolute atomic E-state index is 15.3. The van der Waals surface area contributed by atoms with Gasteiger partial charge in [-0.15, -0.1) is 0 Å². The molecular formula is C25H26F4. The summed E-state index contributed by atoms with van der Waals surface area (Å²) >= 11 is 0. The number of benzene rings is 2. The van der Waals surface area contributed by atoms with Crippen LogP contribution in [0.5, 0.6) is 0 Å². The predicted octanol–water partition coefficient (Wildman–Crippen LogP) is 7.71. The zero-order valence-electron chi connectivity index (χ0n) is 16.7. The van der Waals surface area contributed by atoms with Gasteiger partial charge >= 0.3 is 0 Å². The minimum absolute atomic E-state index is 0.0357. The third-order valence-corrected chi connectivity index (χ3v) is 6.61. The van der Waals surface area contributed by atoms with Crippen molar-refractivity contribution in [1.82, 2.24) is 0 Å². The van der Waals surface area contributed by atoms with Crippen LogP contribution in [0.4, 0.5) is 17.6 Å². The van der Waals surface area contributed by atoms with E-state index in [4.69, 9.17) is 0 Å². The normalized spacial score (nSPS) is 23.8. The Balaban J connectivity index is 1.64. The maximum atomic E-state index is 15.3. The predicted molar refractivity (Wildman–Crippen MR) is 108 cm³/mol. The Morgan fingerprint density at radius 2 is 1.79 bits per heavy atom. The molecule has 0 aromatic heterocycles. The SMILES string of the molecule is CCCC=CC1CCC2c3cc(F)c(-c4ccc(F)c(F)c4)c(F)c3CCC2C1. The van der Waals surface area contributed by atoms with E-state index in [0.717, 1.165) is 56.2 Å². The Kier molecular flexibility index (Phi) is 5.80. The van der Waals surface area contributed by atoms with Gasteiger partial charge in [0, 0.05) is 0 Å². The summed E-state index contributed by atoms with van der Waals surface area (Å²) in [5, 5.41) is 0. The molecule has 4 heteroatoms. The Labute approximate surface area is 169 Å². The van der Waals surface area contributed by atoms with Crippen molar-refractivity contribution in [3.63, 3.8) is 0 Å². The van der Waals surface area contributed by atoms with Gasteiger partial charge in [-0.2, -0.15) is 0 Å². The molecule has 0 bridgehead atoms. The molecule has 154 valence electrons. The van der Waals surface area contributed by atoms with Gasteiger partial charge in [-0.05, 0) is 91.2 Å². The molecule has 0 heterocycles. The lowest BCUT2D eigenvalue weighted by molar-refractivity contribution is 0.234. The highest BCUT2D eigenvalue weighted by molar-refractivity contribution is 5.67. The highest BCUT2D eigenvalue weighted by Crippen LogP contribution is 2.49.